The second-order valence-corrected chi connectivity index (χ2v) is 5.52. The molecule has 1 rings (SSSR count). The van der Waals surface area contributed by atoms with Gasteiger partial charge in [0.2, 0.25) is 0 Å². The summed E-state index contributed by atoms with van der Waals surface area (Å²) in [5, 5.41) is 10.2. The first-order chi connectivity index (χ1) is 8.17. The predicted octanol–water partition coefficient (Wildman–Crippen LogP) is 4.48. The monoisotopic (exact) mass is 299 g/mol. The van der Waals surface area contributed by atoms with E-state index < -0.39 is 0 Å². The van der Waals surface area contributed by atoms with Gasteiger partial charge < -0.3 is 5.11 Å². The van der Waals surface area contributed by atoms with Gasteiger partial charge in [0.25, 0.3) is 0 Å². The maximum Gasteiger partial charge on any atom is 0.0808 e. The van der Waals surface area contributed by atoms with Crippen molar-refractivity contribution in [3.05, 3.63) is 28.5 Å². The van der Waals surface area contributed by atoms with Gasteiger partial charge in [-0.15, -0.1) is 0 Å². The Kier molecular flexibility index (Phi) is 6.75. The molecule has 2 unspecified atom stereocenters. The third kappa shape index (κ3) is 5.17. The maximum atomic E-state index is 10.2. The molecule has 0 saturated heterocycles. The third-order valence-electron chi connectivity index (χ3n) is 3.21. The summed E-state index contributed by atoms with van der Waals surface area (Å²) < 4.78 is 0.927. The number of rotatable bonds is 7. The molecule has 0 aliphatic carbocycles. The van der Waals surface area contributed by atoms with Crippen LogP contribution in [0.5, 0.6) is 0 Å². The van der Waals surface area contributed by atoms with Crippen molar-refractivity contribution in [2.24, 2.45) is 5.92 Å². The normalized spacial score (nSPS) is 14.6. The summed E-state index contributed by atoms with van der Waals surface area (Å²) >= 11 is 3.38. The quantitative estimate of drug-likeness (QED) is 0.805. The topological polar surface area (TPSA) is 33.1 Å². The van der Waals surface area contributed by atoms with E-state index in [0.29, 0.717) is 5.92 Å². The van der Waals surface area contributed by atoms with Crippen LogP contribution in [-0.4, -0.2) is 10.1 Å². The maximum absolute atomic E-state index is 10.2. The lowest BCUT2D eigenvalue weighted by Crippen LogP contribution is -2.07. The van der Waals surface area contributed by atoms with Crippen LogP contribution in [-0.2, 0) is 0 Å². The summed E-state index contributed by atoms with van der Waals surface area (Å²) in [6.07, 6.45) is 8.78. The van der Waals surface area contributed by atoms with E-state index in [4.69, 9.17) is 0 Å². The molecule has 0 fully saturated rings. The second-order valence-electron chi connectivity index (χ2n) is 4.60. The lowest BCUT2D eigenvalue weighted by atomic mass is 9.91. The van der Waals surface area contributed by atoms with Crippen LogP contribution in [0.4, 0.5) is 0 Å². The molecule has 0 aliphatic heterocycles. The van der Waals surface area contributed by atoms with Gasteiger partial charge in [-0.2, -0.15) is 0 Å². The summed E-state index contributed by atoms with van der Waals surface area (Å²) in [5.74, 6) is 0.615. The molecule has 0 radical (unpaired) electrons. The van der Waals surface area contributed by atoms with Gasteiger partial charge in [0.05, 0.1) is 6.10 Å². The van der Waals surface area contributed by atoms with Crippen LogP contribution in [0.3, 0.4) is 0 Å². The van der Waals surface area contributed by atoms with Crippen LogP contribution in [0, 0.1) is 5.92 Å². The zero-order valence-electron chi connectivity index (χ0n) is 10.7. The highest BCUT2D eigenvalue weighted by Crippen LogP contribution is 2.27. The SMILES string of the molecule is CCCCC(CC)CC(O)c1cncc(Br)c1. The largest absolute Gasteiger partial charge is 0.388 e. The number of halogens is 1. The first kappa shape index (κ1) is 14.7. The zero-order chi connectivity index (χ0) is 12.7. The summed E-state index contributed by atoms with van der Waals surface area (Å²) in [6, 6.07) is 1.95. The van der Waals surface area contributed by atoms with E-state index in [2.05, 4.69) is 34.8 Å². The molecular formula is C14H22BrNO. The molecule has 17 heavy (non-hydrogen) atoms. The Morgan fingerprint density at radius 2 is 2.12 bits per heavy atom. The van der Waals surface area contributed by atoms with Gasteiger partial charge >= 0.3 is 0 Å². The molecule has 2 nitrogen and oxygen atoms in total. The highest BCUT2D eigenvalue weighted by molar-refractivity contribution is 9.10. The van der Waals surface area contributed by atoms with Crippen LogP contribution in [0.2, 0.25) is 0 Å². The van der Waals surface area contributed by atoms with Crippen molar-refractivity contribution >= 4 is 15.9 Å². The highest BCUT2D eigenvalue weighted by atomic mass is 79.9. The van der Waals surface area contributed by atoms with E-state index in [1.54, 1.807) is 12.4 Å². The first-order valence-electron chi connectivity index (χ1n) is 6.45. The van der Waals surface area contributed by atoms with Crippen LogP contribution in [0.15, 0.2) is 22.9 Å². The summed E-state index contributed by atoms with van der Waals surface area (Å²) in [5.41, 5.74) is 0.911. The van der Waals surface area contributed by atoms with E-state index in [1.807, 2.05) is 6.07 Å². The first-order valence-corrected chi connectivity index (χ1v) is 7.25. The van der Waals surface area contributed by atoms with Crippen molar-refractivity contribution < 1.29 is 5.11 Å². The Hall–Kier alpha value is -0.410. The Morgan fingerprint density at radius 3 is 2.71 bits per heavy atom. The van der Waals surface area contributed by atoms with Crippen molar-refractivity contribution in [3.8, 4) is 0 Å². The Bertz CT molecular complexity index is 330. The number of hydrogen-bond donors (Lipinski definition) is 1. The average molecular weight is 300 g/mol. The van der Waals surface area contributed by atoms with E-state index >= 15 is 0 Å². The molecule has 0 aliphatic rings. The lowest BCUT2D eigenvalue weighted by Gasteiger charge is -2.18. The van der Waals surface area contributed by atoms with Crippen LogP contribution in [0.1, 0.15) is 57.6 Å². The number of hydrogen-bond acceptors (Lipinski definition) is 2. The van der Waals surface area contributed by atoms with Crippen molar-refractivity contribution in [2.75, 3.05) is 0 Å². The van der Waals surface area contributed by atoms with Gasteiger partial charge in [-0.05, 0) is 39.9 Å². The minimum absolute atomic E-state index is 0.387. The van der Waals surface area contributed by atoms with Crippen molar-refractivity contribution in [3.63, 3.8) is 0 Å². The summed E-state index contributed by atoms with van der Waals surface area (Å²) in [7, 11) is 0. The van der Waals surface area contributed by atoms with E-state index in [1.165, 1.54) is 19.3 Å². The van der Waals surface area contributed by atoms with E-state index in [9.17, 15) is 5.11 Å². The molecule has 0 aromatic carbocycles. The third-order valence-corrected chi connectivity index (χ3v) is 3.64. The van der Waals surface area contributed by atoms with Gasteiger partial charge in [-0.3, -0.25) is 4.98 Å². The van der Waals surface area contributed by atoms with Crippen molar-refractivity contribution in [2.45, 2.75) is 52.1 Å². The number of nitrogens with zero attached hydrogens (tertiary/aromatic N) is 1. The molecule has 0 bridgehead atoms. The molecule has 1 aromatic heterocycles. The number of aliphatic hydroxyl groups is 1. The van der Waals surface area contributed by atoms with Gasteiger partial charge in [0.1, 0.15) is 0 Å². The smallest absolute Gasteiger partial charge is 0.0808 e. The standard InChI is InChI=1S/C14H22BrNO/c1-3-5-6-11(4-2)7-14(17)12-8-13(15)10-16-9-12/h8-11,14,17H,3-7H2,1-2H3. The molecule has 1 heterocycles. The average Bonchev–Trinajstić information content (AvgIpc) is 2.34. The van der Waals surface area contributed by atoms with E-state index in [-0.39, 0.29) is 6.10 Å². The van der Waals surface area contributed by atoms with E-state index in [0.717, 1.165) is 22.9 Å². The Labute approximate surface area is 113 Å². The van der Waals surface area contributed by atoms with Crippen LogP contribution < -0.4 is 0 Å². The molecule has 96 valence electrons. The van der Waals surface area contributed by atoms with Gasteiger partial charge in [0, 0.05) is 16.9 Å². The van der Waals surface area contributed by atoms with Gasteiger partial charge in [0.15, 0.2) is 0 Å². The molecule has 3 heteroatoms. The minimum Gasteiger partial charge on any atom is -0.388 e. The van der Waals surface area contributed by atoms with Crippen LogP contribution >= 0.6 is 15.9 Å². The molecule has 0 saturated carbocycles. The molecule has 1 aromatic rings. The predicted molar refractivity (Wildman–Crippen MR) is 74.8 cm³/mol. The summed E-state index contributed by atoms with van der Waals surface area (Å²) in [4.78, 5) is 4.09. The second kappa shape index (κ2) is 7.83. The van der Waals surface area contributed by atoms with Gasteiger partial charge in [-0.1, -0.05) is 39.5 Å². The van der Waals surface area contributed by atoms with Crippen molar-refractivity contribution in [1.82, 2.24) is 4.98 Å². The minimum atomic E-state index is -0.387. The fraction of sp³-hybridized carbons (Fsp3) is 0.643. The van der Waals surface area contributed by atoms with Crippen LogP contribution in [0.25, 0.3) is 0 Å². The number of aromatic nitrogens is 1. The fourth-order valence-electron chi connectivity index (χ4n) is 2.04. The molecule has 0 spiro atoms. The number of pyridine rings is 1. The lowest BCUT2D eigenvalue weighted by molar-refractivity contribution is 0.138. The van der Waals surface area contributed by atoms with Crippen molar-refractivity contribution in [1.29, 1.82) is 0 Å². The fourth-order valence-corrected chi connectivity index (χ4v) is 2.43. The zero-order valence-corrected chi connectivity index (χ0v) is 12.3. The number of unbranched alkanes of at least 4 members (excludes halogenated alkanes) is 1. The molecule has 1 N–H and O–H groups in total. The Morgan fingerprint density at radius 1 is 1.35 bits per heavy atom. The molecular weight excluding hydrogens is 278 g/mol. The molecule has 0 amide bonds. The highest BCUT2D eigenvalue weighted by Gasteiger charge is 2.14. The Balaban J connectivity index is 2.54. The number of aliphatic hydroxyl groups excluding tert-OH is 1. The van der Waals surface area contributed by atoms with Gasteiger partial charge in [-0.25, -0.2) is 0 Å². The molecule has 2 atom stereocenters. The summed E-state index contributed by atoms with van der Waals surface area (Å²) in [6.45, 7) is 4.41.